The number of benzene rings is 1. The van der Waals surface area contributed by atoms with Gasteiger partial charge in [-0.25, -0.2) is 0 Å². The normalized spacial score (nSPS) is 16.8. The summed E-state index contributed by atoms with van der Waals surface area (Å²) in [4.78, 5) is 14.0. The van der Waals surface area contributed by atoms with Crippen LogP contribution < -0.4 is 5.32 Å². The second kappa shape index (κ2) is 6.55. The molecule has 1 N–H and O–H groups in total. The van der Waals surface area contributed by atoms with Gasteiger partial charge in [-0.1, -0.05) is 23.7 Å². The van der Waals surface area contributed by atoms with Crippen molar-refractivity contribution >= 4 is 23.2 Å². The lowest BCUT2D eigenvalue weighted by atomic mass is 9.99. The Labute approximate surface area is 118 Å². The maximum absolute atomic E-state index is 11.9. The zero-order valence-corrected chi connectivity index (χ0v) is 11.4. The Morgan fingerprint density at radius 2 is 2.11 bits per heavy atom. The molecule has 1 aromatic carbocycles. The highest BCUT2D eigenvalue weighted by molar-refractivity contribution is 6.33. The zero-order valence-electron chi connectivity index (χ0n) is 10.6. The largest absolute Gasteiger partial charge is 0.324 e. The Morgan fingerprint density at radius 1 is 1.42 bits per heavy atom. The molecular formula is C14H16ClN3O. The van der Waals surface area contributed by atoms with Gasteiger partial charge < -0.3 is 5.32 Å². The number of carbonyl (C=O) groups is 1. The molecule has 1 aliphatic rings. The Balaban J connectivity index is 1.83. The van der Waals surface area contributed by atoms with Gasteiger partial charge in [-0.15, -0.1) is 0 Å². The highest BCUT2D eigenvalue weighted by Gasteiger charge is 2.20. The molecule has 2 rings (SSSR count). The number of anilines is 1. The van der Waals surface area contributed by atoms with Crippen molar-refractivity contribution in [2.45, 2.75) is 12.8 Å². The molecule has 0 unspecified atom stereocenters. The van der Waals surface area contributed by atoms with Gasteiger partial charge in [0.15, 0.2) is 0 Å². The number of para-hydroxylation sites is 1. The first-order chi connectivity index (χ1) is 9.19. The number of nitrogens with one attached hydrogen (secondary N) is 1. The van der Waals surface area contributed by atoms with E-state index >= 15 is 0 Å². The van der Waals surface area contributed by atoms with E-state index in [0.717, 1.165) is 25.9 Å². The fourth-order valence-corrected chi connectivity index (χ4v) is 2.36. The third-order valence-electron chi connectivity index (χ3n) is 3.29. The lowest BCUT2D eigenvalue weighted by molar-refractivity contribution is -0.117. The fraction of sp³-hybridized carbons (Fsp3) is 0.429. The van der Waals surface area contributed by atoms with Crippen molar-refractivity contribution in [2.24, 2.45) is 5.92 Å². The number of nitriles is 1. The minimum atomic E-state index is -0.0662. The van der Waals surface area contributed by atoms with Crippen molar-refractivity contribution in [1.29, 1.82) is 5.26 Å². The summed E-state index contributed by atoms with van der Waals surface area (Å²) in [6, 6.07) is 9.46. The van der Waals surface area contributed by atoms with E-state index in [1.165, 1.54) is 0 Å². The van der Waals surface area contributed by atoms with Gasteiger partial charge in [0.2, 0.25) is 5.91 Å². The molecule has 1 saturated heterocycles. The van der Waals surface area contributed by atoms with Gasteiger partial charge in [0, 0.05) is 5.92 Å². The van der Waals surface area contributed by atoms with Gasteiger partial charge in [0.1, 0.15) is 0 Å². The zero-order chi connectivity index (χ0) is 13.7. The number of likely N-dealkylation sites (tertiary alicyclic amines) is 1. The average molecular weight is 278 g/mol. The molecule has 0 aromatic heterocycles. The molecule has 0 spiro atoms. The molecule has 0 saturated carbocycles. The van der Waals surface area contributed by atoms with Crippen LogP contribution in [0.15, 0.2) is 24.3 Å². The number of nitrogens with zero attached hydrogens (tertiary/aromatic N) is 2. The molecule has 0 radical (unpaired) electrons. The Bertz CT molecular complexity index is 490. The minimum absolute atomic E-state index is 0.0662. The predicted octanol–water partition coefficient (Wildman–Crippen LogP) is 2.51. The summed E-state index contributed by atoms with van der Waals surface area (Å²) >= 11 is 5.98. The third kappa shape index (κ3) is 3.95. The number of carbonyl (C=O) groups excluding carboxylic acids is 1. The Hall–Kier alpha value is -1.57. The van der Waals surface area contributed by atoms with E-state index in [0.29, 0.717) is 17.3 Å². The number of hydrogen-bond acceptors (Lipinski definition) is 3. The summed E-state index contributed by atoms with van der Waals surface area (Å²) in [7, 11) is 0. The van der Waals surface area contributed by atoms with Crippen LogP contribution in [0.3, 0.4) is 0 Å². The van der Waals surface area contributed by atoms with Crippen LogP contribution in [0, 0.1) is 17.2 Å². The summed E-state index contributed by atoms with van der Waals surface area (Å²) in [5.74, 6) is 0.0754. The first-order valence-corrected chi connectivity index (χ1v) is 6.73. The maximum Gasteiger partial charge on any atom is 0.238 e. The van der Waals surface area contributed by atoms with Gasteiger partial charge in [0.25, 0.3) is 0 Å². The number of hydrogen-bond donors (Lipinski definition) is 1. The molecule has 0 bridgehead atoms. The van der Waals surface area contributed by atoms with Crippen LogP contribution in [0.25, 0.3) is 0 Å². The van der Waals surface area contributed by atoms with Crippen LogP contribution in [0.5, 0.6) is 0 Å². The van der Waals surface area contributed by atoms with Gasteiger partial charge in [-0.3, -0.25) is 9.69 Å². The number of halogens is 1. The SMILES string of the molecule is N#CC1CCN(CC(=O)Nc2ccccc2Cl)CC1. The monoisotopic (exact) mass is 277 g/mol. The molecule has 4 nitrogen and oxygen atoms in total. The average Bonchev–Trinajstić information content (AvgIpc) is 2.42. The molecule has 1 amide bonds. The molecule has 19 heavy (non-hydrogen) atoms. The van der Waals surface area contributed by atoms with Crippen molar-refractivity contribution in [1.82, 2.24) is 4.90 Å². The van der Waals surface area contributed by atoms with Gasteiger partial charge >= 0.3 is 0 Å². The van der Waals surface area contributed by atoms with Crippen LogP contribution >= 0.6 is 11.6 Å². The third-order valence-corrected chi connectivity index (χ3v) is 3.61. The second-order valence-corrected chi connectivity index (χ2v) is 5.11. The van der Waals surface area contributed by atoms with Crippen LogP contribution in [0.2, 0.25) is 5.02 Å². The molecule has 1 aliphatic heterocycles. The molecule has 100 valence electrons. The van der Waals surface area contributed by atoms with E-state index in [1.54, 1.807) is 12.1 Å². The first kappa shape index (κ1) is 13.9. The fourth-order valence-electron chi connectivity index (χ4n) is 2.18. The lowest BCUT2D eigenvalue weighted by Crippen LogP contribution is -2.39. The van der Waals surface area contributed by atoms with E-state index in [4.69, 9.17) is 16.9 Å². The van der Waals surface area contributed by atoms with Crippen LogP contribution in [0.4, 0.5) is 5.69 Å². The van der Waals surface area contributed by atoms with Crippen LogP contribution in [0.1, 0.15) is 12.8 Å². The Kier molecular flexibility index (Phi) is 4.78. The summed E-state index contributed by atoms with van der Waals surface area (Å²) in [5, 5.41) is 12.2. The molecule has 0 aliphatic carbocycles. The predicted molar refractivity (Wildman–Crippen MR) is 74.9 cm³/mol. The second-order valence-electron chi connectivity index (χ2n) is 4.71. The van der Waals surface area contributed by atoms with Gasteiger partial charge in [-0.05, 0) is 38.1 Å². The summed E-state index contributed by atoms with van der Waals surface area (Å²) in [6.45, 7) is 1.95. The Morgan fingerprint density at radius 3 is 2.74 bits per heavy atom. The van der Waals surface area contributed by atoms with E-state index in [9.17, 15) is 4.79 Å². The topological polar surface area (TPSA) is 56.1 Å². The lowest BCUT2D eigenvalue weighted by Gasteiger charge is -2.28. The summed E-state index contributed by atoms with van der Waals surface area (Å²) < 4.78 is 0. The smallest absolute Gasteiger partial charge is 0.238 e. The van der Waals surface area contributed by atoms with Gasteiger partial charge in [-0.2, -0.15) is 5.26 Å². The molecule has 0 atom stereocenters. The van der Waals surface area contributed by atoms with E-state index in [-0.39, 0.29) is 11.8 Å². The van der Waals surface area contributed by atoms with Gasteiger partial charge in [0.05, 0.1) is 23.3 Å². The highest BCUT2D eigenvalue weighted by atomic mass is 35.5. The van der Waals surface area contributed by atoms with E-state index in [2.05, 4.69) is 16.3 Å². The number of piperidine rings is 1. The van der Waals surface area contributed by atoms with Crippen LogP contribution in [-0.4, -0.2) is 30.4 Å². The van der Waals surface area contributed by atoms with Crippen molar-refractivity contribution in [3.05, 3.63) is 29.3 Å². The maximum atomic E-state index is 11.9. The van der Waals surface area contributed by atoms with E-state index in [1.807, 2.05) is 12.1 Å². The van der Waals surface area contributed by atoms with Crippen molar-refractivity contribution in [3.8, 4) is 6.07 Å². The van der Waals surface area contributed by atoms with Crippen molar-refractivity contribution in [3.63, 3.8) is 0 Å². The minimum Gasteiger partial charge on any atom is -0.324 e. The quantitative estimate of drug-likeness (QED) is 0.924. The van der Waals surface area contributed by atoms with Crippen molar-refractivity contribution in [2.75, 3.05) is 25.0 Å². The standard InChI is InChI=1S/C14H16ClN3O/c15-12-3-1-2-4-13(12)17-14(19)10-18-7-5-11(9-16)6-8-18/h1-4,11H,5-8,10H2,(H,17,19). The van der Waals surface area contributed by atoms with E-state index < -0.39 is 0 Å². The number of amides is 1. The van der Waals surface area contributed by atoms with Crippen LogP contribution in [-0.2, 0) is 4.79 Å². The highest BCUT2D eigenvalue weighted by Crippen LogP contribution is 2.20. The molecule has 1 fully saturated rings. The molecule has 5 heteroatoms. The number of rotatable bonds is 3. The molecule has 1 aromatic rings. The van der Waals surface area contributed by atoms with Crippen molar-refractivity contribution < 1.29 is 4.79 Å². The first-order valence-electron chi connectivity index (χ1n) is 6.35. The summed E-state index contributed by atoms with van der Waals surface area (Å²) in [6.07, 6.45) is 1.69. The summed E-state index contributed by atoms with van der Waals surface area (Å²) in [5.41, 5.74) is 0.640. The molecular weight excluding hydrogens is 262 g/mol. The molecule has 1 heterocycles.